The molecule has 1 aromatic heterocycles. The predicted molar refractivity (Wildman–Crippen MR) is 91.1 cm³/mol. The van der Waals surface area contributed by atoms with Gasteiger partial charge in [0, 0.05) is 7.05 Å². The van der Waals surface area contributed by atoms with Crippen molar-refractivity contribution in [3.8, 4) is 11.5 Å². The lowest BCUT2D eigenvalue weighted by Crippen LogP contribution is -2.21. The first-order valence-corrected chi connectivity index (χ1v) is 7.57. The summed E-state index contributed by atoms with van der Waals surface area (Å²) in [7, 11) is 4.68. The Labute approximate surface area is 145 Å². The Balaban J connectivity index is 2.04. The average molecular weight is 347 g/mol. The van der Waals surface area contributed by atoms with Crippen LogP contribution >= 0.6 is 0 Å². The molecule has 0 bridgehead atoms. The van der Waals surface area contributed by atoms with Crippen molar-refractivity contribution in [2.75, 3.05) is 26.1 Å². The quantitative estimate of drug-likeness (QED) is 0.802. The molecule has 25 heavy (non-hydrogen) atoms. The third-order valence-electron chi connectivity index (χ3n) is 3.73. The number of hydrogen-bond donors (Lipinski definition) is 1. The van der Waals surface area contributed by atoms with Gasteiger partial charge in [-0.25, -0.2) is 4.79 Å². The normalized spacial score (nSPS) is 10.3. The van der Waals surface area contributed by atoms with Gasteiger partial charge in [0.2, 0.25) is 0 Å². The van der Waals surface area contributed by atoms with Crippen molar-refractivity contribution >= 4 is 17.6 Å². The molecule has 2 aromatic rings. The van der Waals surface area contributed by atoms with Crippen LogP contribution in [0.1, 0.15) is 21.7 Å². The van der Waals surface area contributed by atoms with E-state index in [9.17, 15) is 9.59 Å². The molecule has 0 aliphatic carbocycles. The SMILES string of the molecule is COc1cccc(C(=O)OCC(=O)Nc2c(C)nn(C)c2C)c1OC. The number of aromatic nitrogens is 2. The van der Waals surface area contributed by atoms with Gasteiger partial charge >= 0.3 is 5.97 Å². The summed E-state index contributed by atoms with van der Waals surface area (Å²) in [5.74, 6) is -0.461. The molecule has 0 saturated heterocycles. The van der Waals surface area contributed by atoms with Crippen LogP contribution in [-0.4, -0.2) is 42.5 Å². The van der Waals surface area contributed by atoms with E-state index in [-0.39, 0.29) is 11.3 Å². The van der Waals surface area contributed by atoms with E-state index in [1.54, 1.807) is 30.8 Å². The highest BCUT2D eigenvalue weighted by molar-refractivity contribution is 5.97. The van der Waals surface area contributed by atoms with Crippen LogP contribution in [0.3, 0.4) is 0 Å². The Morgan fingerprint density at radius 2 is 1.92 bits per heavy atom. The topological polar surface area (TPSA) is 91.7 Å². The highest BCUT2D eigenvalue weighted by Gasteiger charge is 2.19. The van der Waals surface area contributed by atoms with Crippen molar-refractivity contribution in [3.05, 3.63) is 35.2 Å². The van der Waals surface area contributed by atoms with Crippen LogP contribution in [-0.2, 0) is 16.6 Å². The van der Waals surface area contributed by atoms with E-state index in [2.05, 4.69) is 10.4 Å². The number of nitrogens with one attached hydrogen (secondary N) is 1. The number of aryl methyl sites for hydroxylation is 2. The number of methoxy groups -OCH3 is 2. The van der Waals surface area contributed by atoms with E-state index >= 15 is 0 Å². The van der Waals surface area contributed by atoms with Gasteiger partial charge in [0.1, 0.15) is 5.56 Å². The molecule has 0 aliphatic heterocycles. The number of para-hydroxylation sites is 1. The third-order valence-corrected chi connectivity index (χ3v) is 3.73. The zero-order valence-electron chi connectivity index (χ0n) is 14.9. The van der Waals surface area contributed by atoms with Gasteiger partial charge in [-0.15, -0.1) is 0 Å². The van der Waals surface area contributed by atoms with Crippen molar-refractivity contribution in [3.63, 3.8) is 0 Å². The van der Waals surface area contributed by atoms with Crippen molar-refractivity contribution < 1.29 is 23.8 Å². The number of anilines is 1. The van der Waals surface area contributed by atoms with Gasteiger partial charge in [0.05, 0.1) is 31.3 Å². The van der Waals surface area contributed by atoms with Crippen molar-refractivity contribution in [1.29, 1.82) is 0 Å². The maximum absolute atomic E-state index is 12.2. The molecule has 0 unspecified atom stereocenters. The molecule has 1 amide bonds. The zero-order chi connectivity index (χ0) is 18.6. The second kappa shape index (κ2) is 7.69. The van der Waals surface area contributed by atoms with Gasteiger partial charge in [0.25, 0.3) is 5.91 Å². The lowest BCUT2D eigenvalue weighted by molar-refractivity contribution is -0.119. The largest absolute Gasteiger partial charge is 0.493 e. The number of amides is 1. The van der Waals surface area contributed by atoms with Crippen LogP contribution in [0.4, 0.5) is 5.69 Å². The highest BCUT2D eigenvalue weighted by Crippen LogP contribution is 2.31. The van der Waals surface area contributed by atoms with Crippen LogP contribution in [0.2, 0.25) is 0 Å². The maximum atomic E-state index is 12.2. The number of ether oxygens (including phenoxy) is 3. The highest BCUT2D eigenvalue weighted by atomic mass is 16.5. The second-order valence-corrected chi connectivity index (χ2v) is 5.33. The number of esters is 1. The molecule has 0 saturated carbocycles. The first kappa shape index (κ1) is 18.3. The minimum Gasteiger partial charge on any atom is -0.493 e. The Bertz CT molecular complexity index is 798. The summed E-state index contributed by atoms with van der Waals surface area (Å²) in [6, 6.07) is 4.84. The molecule has 8 nitrogen and oxygen atoms in total. The number of rotatable bonds is 6. The number of nitrogens with zero attached hydrogens (tertiary/aromatic N) is 2. The van der Waals surface area contributed by atoms with Gasteiger partial charge in [-0.3, -0.25) is 9.48 Å². The summed E-state index contributed by atoms with van der Waals surface area (Å²) in [6.45, 7) is 3.20. The van der Waals surface area contributed by atoms with Gasteiger partial charge in [0.15, 0.2) is 18.1 Å². The first-order chi connectivity index (χ1) is 11.9. The minimum absolute atomic E-state index is 0.184. The Hall–Kier alpha value is -3.03. The van der Waals surface area contributed by atoms with Crippen LogP contribution in [0, 0.1) is 13.8 Å². The molecule has 134 valence electrons. The molecular formula is C17H21N3O5. The Morgan fingerprint density at radius 3 is 2.48 bits per heavy atom. The van der Waals surface area contributed by atoms with Crippen molar-refractivity contribution in [2.24, 2.45) is 7.05 Å². The molecule has 1 N–H and O–H groups in total. The smallest absolute Gasteiger partial charge is 0.342 e. The van der Waals surface area contributed by atoms with E-state index < -0.39 is 18.5 Å². The molecule has 1 heterocycles. The summed E-state index contributed by atoms with van der Waals surface area (Å²) in [4.78, 5) is 24.3. The van der Waals surface area contributed by atoms with E-state index in [1.807, 2.05) is 6.92 Å². The van der Waals surface area contributed by atoms with Crippen LogP contribution in [0.25, 0.3) is 0 Å². The summed E-state index contributed by atoms with van der Waals surface area (Å²) in [5, 5.41) is 6.91. The lowest BCUT2D eigenvalue weighted by atomic mass is 10.2. The van der Waals surface area contributed by atoms with Crippen LogP contribution in [0.15, 0.2) is 18.2 Å². The van der Waals surface area contributed by atoms with Crippen LogP contribution in [0.5, 0.6) is 11.5 Å². The minimum atomic E-state index is -0.675. The van der Waals surface area contributed by atoms with Crippen molar-refractivity contribution in [1.82, 2.24) is 9.78 Å². The lowest BCUT2D eigenvalue weighted by Gasteiger charge is -2.12. The fraction of sp³-hybridized carbons (Fsp3) is 0.353. The standard InChI is InChI=1S/C17H21N3O5/c1-10-15(11(2)20(3)19-10)18-14(21)9-25-17(22)12-7-6-8-13(23-4)16(12)24-5/h6-8H,9H2,1-5H3,(H,18,21). The van der Waals surface area contributed by atoms with Gasteiger partial charge < -0.3 is 19.5 Å². The molecule has 0 fully saturated rings. The molecular weight excluding hydrogens is 326 g/mol. The molecule has 1 aromatic carbocycles. The predicted octanol–water partition coefficient (Wildman–Crippen LogP) is 1.85. The summed E-state index contributed by atoms with van der Waals surface area (Å²) in [5.41, 5.74) is 2.30. The number of carbonyl (C=O) groups excluding carboxylic acids is 2. The number of carbonyl (C=O) groups is 2. The Kier molecular flexibility index (Phi) is 5.63. The summed E-state index contributed by atoms with van der Waals surface area (Å²) >= 11 is 0. The zero-order valence-corrected chi connectivity index (χ0v) is 14.9. The fourth-order valence-corrected chi connectivity index (χ4v) is 2.39. The number of hydrogen-bond acceptors (Lipinski definition) is 6. The van der Waals surface area contributed by atoms with Gasteiger partial charge in [-0.2, -0.15) is 5.10 Å². The summed E-state index contributed by atoms with van der Waals surface area (Å²) < 4.78 is 17.1. The maximum Gasteiger partial charge on any atom is 0.342 e. The fourth-order valence-electron chi connectivity index (χ4n) is 2.39. The van der Waals surface area contributed by atoms with E-state index in [4.69, 9.17) is 14.2 Å². The molecule has 0 spiro atoms. The van der Waals surface area contributed by atoms with Gasteiger partial charge in [-0.1, -0.05) is 6.07 Å². The molecule has 0 radical (unpaired) electrons. The number of benzene rings is 1. The van der Waals surface area contributed by atoms with Crippen LogP contribution < -0.4 is 14.8 Å². The summed E-state index contributed by atoms with van der Waals surface area (Å²) in [6.07, 6.45) is 0. The van der Waals surface area contributed by atoms with E-state index in [0.29, 0.717) is 17.1 Å². The first-order valence-electron chi connectivity index (χ1n) is 7.57. The molecule has 0 atom stereocenters. The van der Waals surface area contributed by atoms with Crippen molar-refractivity contribution in [2.45, 2.75) is 13.8 Å². The third kappa shape index (κ3) is 3.90. The monoisotopic (exact) mass is 347 g/mol. The second-order valence-electron chi connectivity index (χ2n) is 5.33. The molecule has 8 heteroatoms. The molecule has 0 aliphatic rings. The van der Waals surface area contributed by atoms with E-state index in [0.717, 1.165) is 5.69 Å². The van der Waals surface area contributed by atoms with E-state index in [1.165, 1.54) is 20.3 Å². The molecule has 2 rings (SSSR count). The van der Waals surface area contributed by atoms with Gasteiger partial charge in [-0.05, 0) is 26.0 Å². The Morgan fingerprint density at radius 1 is 1.20 bits per heavy atom. The average Bonchev–Trinajstić information content (AvgIpc) is 2.84.